The first-order chi connectivity index (χ1) is 5.72. The van der Waals surface area contributed by atoms with Crippen LogP contribution in [-0.2, 0) is 0 Å². The Labute approximate surface area is 80.7 Å². The van der Waals surface area contributed by atoms with Crippen LogP contribution in [0.3, 0.4) is 0 Å². The van der Waals surface area contributed by atoms with Crippen LogP contribution < -0.4 is 5.32 Å². The minimum atomic E-state index is 0.830. The summed E-state index contributed by atoms with van der Waals surface area (Å²) in [7, 11) is 0. The molecule has 1 rings (SSSR count). The van der Waals surface area contributed by atoms with Crippen LogP contribution in [0, 0.1) is 11.8 Å². The minimum absolute atomic E-state index is 0.830. The zero-order valence-electron chi connectivity index (χ0n) is 8.47. The van der Waals surface area contributed by atoms with Crippen molar-refractivity contribution >= 4 is 11.8 Å². The molecular weight excluding hydrogens is 166 g/mol. The van der Waals surface area contributed by atoms with E-state index in [-0.39, 0.29) is 0 Å². The number of nitrogens with one attached hydrogen (secondary N) is 1. The van der Waals surface area contributed by atoms with Gasteiger partial charge in [-0.2, -0.15) is 11.8 Å². The summed E-state index contributed by atoms with van der Waals surface area (Å²) in [6.45, 7) is 5.87. The molecule has 12 heavy (non-hydrogen) atoms. The van der Waals surface area contributed by atoms with Crippen molar-refractivity contribution in [3.05, 3.63) is 0 Å². The second-order valence-electron chi connectivity index (χ2n) is 4.24. The van der Waals surface area contributed by atoms with E-state index in [0.717, 1.165) is 17.9 Å². The maximum atomic E-state index is 3.62. The van der Waals surface area contributed by atoms with Crippen LogP contribution >= 0.6 is 11.8 Å². The molecule has 1 atom stereocenters. The molecule has 1 saturated carbocycles. The average Bonchev–Trinajstić information content (AvgIpc) is 1.96. The van der Waals surface area contributed by atoms with Gasteiger partial charge in [0.05, 0.1) is 0 Å². The summed E-state index contributed by atoms with van der Waals surface area (Å²) in [6, 6.07) is 0.837. The van der Waals surface area contributed by atoms with Crippen LogP contribution in [0.2, 0.25) is 0 Å². The highest BCUT2D eigenvalue weighted by Gasteiger charge is 2.24. The van der Waals surface area contributed by atoms with Gasteiger partial charge in [-0.1, -0.05) is 13.8 Å². The molecule has 0 aromatic carbocycles. The Morgan fingerprint density at radius 1 is 1.50 bits per heavy atom. The van der Waals surface area contributed by atoms with Crippen molar-refractivity contribution in [1.82, 2.24) is 5.32 Å². The van der Waals surface area contributed by atoms with Gasteiger partial charge in [0.25, 0.3) is 0 Å². The van der Waals surface area contributed by atoms with E-state index in [1.807, 2.05) is 11.8 Å². The largest absolute Gasteiger partial charge is 0.314 e. The molecule has 0 aliphatic heterocycles. The second kappa shape index (κ2) is 5.13. The molecule has 1 unspecified atom stereocenters. The Bertz CT molecular complexity index is 116. The van der Waals surface area contributed by atoms with Crippen molar-refractivity contribution in [3.63, 3.8) is 0 Å². The van der Waals surface area contributed by atoms with Gasteiger partial charge in [0.2, 0.25) is 0 Å². The molecule has 72 valence electrons. The highest BCUT2D eigenvalue weighted by atomic mass is 32.2. The van der Waals surface area contributed by atoms with E-state index in [1.165, 1.54) is 25.1 Å². The van der Waals surface area contributed by atoms with Crippen LogP contribution in [0.5, 0.6) is 0 Å². The van der Waals surface area contributed by atoms with Crippen molar-refractivity contribution in [1.29, 1.82) is 0 Å². The van der Waals surface area contributed by atoms with Gasteiger partial charge < -0.3 is 5.32 Å². The maximum absolute atomic E-state index is 3.62. The van der Waals surface area contributed by atoms with Crippen LogP contribution in [-0.4, -0.2) is 24.6 Å². The van der Waals surface area contributed by atoms with Gasteiger partial charge in [-0.05, 0) is 43.2 Å². The van der Waals surface area contributed by atoms with E-state index in [1.54, 1.807) is 0 Å². The number of hydrogen-bond acceptors (Lipinski definition) is 2. The first kappa shape index (κ1) is 10.4. The lowest BCUT2D eigenvalue weighted by atomic mass is 9.82. The Morgan fingerprint density at radius 3 is 2.67 bits per heavy atom. The van der Waals surface area contributed by atoms with Crippen LogP contribution in [0.25, 0.3) is 0 Å². The monoisotopic (exact) mass is 187 g/mol. The predicted molar refractivity (Wildman–Crippen MR) is 57.7 cm³/mol. The van der Waals surface area contributed by atoms with E-state index in [0.29, 0.717) is 0 Å². The van der Waals surface area contributed by atoms with E-state index in [9.17, 15) is 0 Å². The molecule has 1 fully saturated rings. The molecule has 0 heterocycles. The lowest BCUT2D eigenvalue weighted by Crippen LogP contribution is -2.42. The summed E-state index contributed by atoms with van der Waals surface area (Å²) in [5.74, 6) is 3.09. The zero-order chi connectivity index (χ0) is 8.97. The average molecular weight is 187 g/mol. The quantitative estimate of drug-likeness (QED) is 0.709. The summed E-state index contributed by atoms with van der Waals surface area (Å²) in [5, 5.41) is 3.62. The summed E-state index contributed by atoms with van der Waals surface area (Å²) in [6.07, 6.45) is 4.97. The van der Waals surface area contributed by atoms with E-state index in [2.05, 4.69) is 25.4 Å². The van der Waals surface area contributed by atoms with E-state index >= 15 is 0 Å². The molecule has 1 aliphatic rings. The van der Waals surface area contributed by atoms with Gasteiger partial charge in [-0.3, -0.25) is 0 Å². The van der Waals surface area contributed by atoms with Gasteiger partial charge in [0, 0.05) is 6.04 Å². The van der Waals surface area contributed by atoms with Gasteiger partial charge in [-0.15, -0.1) is 0 Å². The molecule has 0 radical (unpaired) electrons. The van der Waals surface area contributed by atoms with Crippen LogP contribution in [0.1, 0.15) is 26.7 Å². The van der Waals surface area contributed by atoms with Crippen LogP contribution in [0.15, 0.2) is 0 Å². The van der Waals surface area contributed by atoms with Crippen molar-refractivity contribution in [3.8, 4) is 0 Å². The molecular formula is C10H21NS. The zero-order valence-corrected chi connectivity index (χ0v) is 9.29. The fourth-order valence-electron chi connectivity index (χ4n) is 1.78. The third kappa shape index (κ3) is 3.36. The van der Waals surface area contributed by atoms with Crippen molar-refractivity contribution in [2.75, 3.05) is 18.6 Å². The molecule has 1 N–H and O–H groups in total. The Balaban J connectivity index is 1.95. The van der Waals surface area contributed by atoms with E-state index in [4.69, 9.17) is 0 Å². The second-order valence-corrected chi connectivity index (χ2v) is 5.15. The normalized spacial score (nSPS) is 31.2. The van der Waals surface area contributed by atoms with Crippen molar-refractivity contribution in [2.45, 2.75) is 32.7 Å². The van der Waals surface area contributed by atoms with Crippen LogP contribution in [0.4, 0.5) is 0 Å². The predicted octanol–water partition coefficient (Wildman–Crippen LogP) is 2.37. The Morgan fingerprint density at radius 2 is 2.17 bits per heavy atom. The molecule has 0 bridgehead atoms. The van der Waals surface area contributed by atoms with Gasteiger partial charge >= 0.3 is 0 Å². The first-order valence-corrected chi connectivity index (χ1v) is 6.34. The third-order valence-corrected chi connectivity index (χ3v) is 3.48. The van der Waals surface area contributed by atoms with Crippen molar-refractivity contribution in [2.24, 2.45) is 11.8 Å². The summed E-state index contributed by atoms with van der Waals surface area (Å²) >= 11 is 1.95. The number of hydrogen-bond donors (Lipinski definition) is 1. The SMILES string of the molecule is CSCC(C)CNC1CC(C)C1. The molecule has 1 nitrogen and oxygen atoms in total. The molecule has 2 heteroatoms. The van der Waals surface area contributed by atoms with Gasteiger partial charge in [0.15, 0.2) is 0 Å². The molecule has 0 aromatic rings. The fraction of sp³-hybridized carbons (Fsp3) is 1.00. The Kier molecular flexibility index (Phi) is 4.44. The highest BCUT2D eigenvalue weighted by Crippen LogP contribution is 2.26. The molecule has 0 spiro atoms. The summed E-state index contributed by atoms with van der Waals surface area (Å²) in [5.41, 5.74) is 0. The molecule has 0 amide bonds. The van der Waals surface area contributed by atoms with Gasteiger partial charge in [-0.25, -0.2) is 0 Å². The topological polar surface area (TPSA) is 12.0 Å². The number of rotatable bonds is 5. The fourth-order valence-corrected chi connectivity index (χ4v) is 2.47. The Hall–Kier alpha value is 0.310. The third-order valence-electron chi connectivity index (χ3n) is 2.58. The highest BCUT2D eigenvalue weighted by molar-refractivity contribution is 7.98. The molecule has 1 aliphatic carbocycles. The maximum Gasteiger partial charge on any atom is 0.00722 e. The number of thioether (sulfide) groups is 1. The van der Waals surface area contributed by atoms with E-state index < -0.39 is 0 Å². The first-order valence-electron chi connectivity index (χ1n) is 4.94. The lowest BCUT2D eigenvalue weighted by molar-refractivity contribution is 0.236. The standard InChI is InChI=1S/C10H21NS/c1-8-4-10(5-8)11-6-9(2)7-12-3/h8-11H,4-7H2,1-3H3. The van der Waals surface area contributed by atoms with Crippen molar-refractivity contribution < 1.29 is 0 Å². The molecule has 0 saturated heterocycles. The summed E-state index contributed by atoms with van der Waals surface area (Å²) < 4.78 is 0. The molecule has 0 aromatic heterocycles. The summed E-state index contributed by atoms with van der Waals surface area (Å²) in [4.78, 5) is 0. The lowest BCUT2D eigenvalue weighted by Gasteiger charge is -2.34. The van der Waals surface area contributed by atoms with Gasteiger partial charge in [0.1, 0.15) is 0 Å². The minimum Gasteiger partial charge on any atom is -0.314 e. The smallest absolute Gasteiger partial charge is 0.00722 e.